The van der Waals surface area contributed by atoms with E-state index in [1.807, 2.05) is 12.1 Å². The highest BCUT2D eigenvalue weighted by atomic mass is 79.9. The van der Waals surface area contributed by atoms with E-state index in [-0.39, 0.29) is 0 Å². The normalized spacial score (nSPS) is 12.8. The molecular formula is C17H23BrN2O. The van der Waals surface area contributed by atoms with Gasteiger partial charge in [0.05, 0.1) is 12.8 Å². The molecule has 0 aliphatic carbocycles. The van der Waals surface area contributed by atoms with Crippen LogP contribution in [0.2, 0.25) is 0 Å². The summed E-state index contributed by atoms with van der Waals surface area (Å²) in [6.07, 6.45) is 2.80. The zero-order valence-electron chi connectivity index (χ0n) is 12.7. The standard InChI is InChI=1S/C17H23BrN2O/c1-3-19-17(14-6-8-15(18)9-7-14)10-11-20(2)13-16-5-4-12-21-16/h4-9,12,17,19H,3,10-11,13H2,1-2H3. The predicted octanol–water partition coefficient (Wildman–Crippen LogP) is 4.21. The highest BCUT2D eigenvalue weighted by molar-refractivity contribution is 9.10. The van der Waals surface area contributed by atoms with Gasteiger partial charge >= 0.3 is 0 Å². The number of benzene rings is 1. The molecule has 21 heavy (non-hydrogen) atoms. The van der Waals surface area contributed by atoms with Crippen LogP contribution in [0.4, 0.5) is 0 Å². The fourth-order valence-electron chi connectivity index (χ4n) is 2.43. The maximum absolute atomic E-state index is 5.39. The lowest BCUT2D eigenvalue weighted by Crippen LogP contribution is -2.27. The third-order valence-electron chi connectivity index (χ3n) is 3.53. The molecule has 0 radical (unpaired) electrons. The van der Waals surface area contributed by atoms with Gasteiger partial charge in [-0.2, -0.15) is 0 Å². The Labute approximate surface area is 135 Å². The van der Waals surface area contributed by atoms with Gasteiger partial charge in [0.2, 0.25) is 0 Å². The number of hydrogen-bond donors (Lipinski definition) is 1. The molecule has 1 heterocycles. The van der Waals surface area contributed by atoms with Crippen LogP contribution >= 0.6 is 15.9 Å². The number of halogens is 1. The van der Waals surface area contributed by atoms with Crippen molar-refractivity contribution in [3.05, 3.63) is 58.5 Å². The van der Waals surface area contributed by atoms with E-state index in [0.29, 0.717) is 6.04 Å². The molecule has 0 amide bonds. The molecule has 1 aromatic heterocycles. The van der Waals surface area contributed by atoms with E-state index in [2.05, 4.69) is 64.4 Å². The van der Waals surface area contributed by atoms with Gasteiger partial charge in [0.1, 0.15) is 5.76 Å². The molecule has 4 heteroatoms. The summed E-state index contributed by atoms with van der Waals surface area (Å²) in [5.41, 5.74) is 1.34. The Bertz CT molecular complexity index is 510. The van der Waals surface area contributed by atoms with Crippen LogP contribution in [-0.2, 0) is 6.54 Å². The van der Waals surface area contributed by atoms with Gasteiger partial charge in [0.15, 0.2) is 0 Å². The first-order chi connectivity index (χ1) is 10.2. The summed E-state index contributed by atoms with van der Waals surface area (Å²) in [4.78, 5) is 2.29. The van der Waals surface area contributed by atoms with E-state index in [9.17, 15) is 0 Å². The Morgan fingerprint density at radius 1 is 1.24 bits per heavy atom. The van der Waals surface area contributed by atoms with Crippen molar-refractivity contribution in [3.63, 3.8) is 0 Å². The van der Waals surface area contributed by atoms with Crippen molar-refractivity contribution in [2.45, 2.75) is 25.9 Å². The van der Waals surface area contributed by atoms with Gasteiger partial charge in [-0.25, -0.2) is 0 Å². The second-order valence-corrected chi connectivity index (χ2v) is 6.18. The second-order valence-electron chi connectivity index (χ2n) is 5.27. The van der Waals surface area contributed by atoms with Gasteiger partial charge in [-0.1, -0.05) is 35.0 Å². The van der Waals surface area contributed by atoms with Gasteiger partial charge in [0.25, 0.3) is 0 Å². The Morgan fingerprint density at radius 2 is 2.00 bits per heavy atom. The molecule has 0 fully saturated rings. The van der Waals surface area contributed by atoms with Crippen LogP contribution in [0.1, 0.15) is 30.7 Å². The Balaban J connectivity index is 1.88. The number of nitrogens with one attached hydrogen (secondary N) is 1. The van der Waals surface area contributed by atoms with E-state index in [1.165, 1.54) is 5.56 Å². The Kier molecular flexibility index (Phi) is 6.49. The molecule has 1 aromatic carbocycles. The quantitative estimate of drug-likeness (QED) is 0.772. The largest absolute Gasteiger partial charge is 0.468 e. The van der Waals surface area contributed by atoms with E-state index in [1.54, 1.807) is 6.26 Å². The fourth-order valence-corrected chi connectivity index (χ4v) is 2.69. The van der Waals surface area contributed by atoms with Crippen LogP contribution in [0.3, 0.4) is 0 Å². The summed E-state index contributed by atoms with van der Waals surface area (Å²) in [5, 5.41) is 3.57. The summed E-state index contributed by atoms with van der Waals surface area (Å²) >= 11 is 3.49. The van der Waals surface area contributed by atoms with Crippen molar-refractivity contribution in [1.82, 2.24) is 10.2 Å². The smallest absolute Gasteiger partial charge is 0.117 e. The van der Waals surface area contributed by atoms with Crippen LogP contribution in [0, 0.1) is 0 Å². The monoisotopic (exact) mass is 350 g/mol. The molecule has 1 atom stereocenters. The minimum absolute atomic E-state index is 0.391. The van der Waals surface area contributed by atoms with Gasteiger partial charge in [0, 0.05) is 17.1 Å². The van der Waals surface area contributed by atoms with Crippen LogP contribution in [0.15, 0.2) is 51.6 Å². The SMILES string of the molecule is CCNC(CCN(C)Cc1ccco1)c1ccc(Br)cc1. The first-order valence-corrected chi connectivity index (χ1v) is 8.18. The predicted molar refractivity (Wildman–Crippen MR) is 90.2 cm³/mol. The highest BCUT2D eigenvalue weighted by Gasteiger charge is 2.12. The van der Waals surface area contributed by atoms with Crippen LogP contribution in [0.25, 0.3) is 0 Å². The lowest BCUT2D eigenvalue weighted by Gasteiger charge is -2.22. The lowest BCUT2D eigenvalue weighted by molar-refractivity contribution is 0.277. The zero-order chi connectivity index (χ0) is 15.1. The van der Waals surface area contributed by atoms with Gasteiger partial charge in [-0.3, -0.25) is 4.90 Å². The molecule has 1 N–H and O–H groups in total. The maximum Gasteiger partial charge on any atom is 0.117 e. The molecular weight excluding hydrogens is 328 g/mol. The lowest BCUT2D eigenvalue weighted by atomic mass is 10.0. The van der Waals surface area contributed by atoms with Gasteiger partial charge < -0.3 is 9.73 Å². The maximum atomic E-state index is 5.39. The molecule has 0 aliphatic rings. The van der Waals surface area contributed by atoms with Crippen molar-refractivity contribution in [2.24, 2.45) is 0 Å². The highest BCUT2D eigenvalue weighted by Crippen LogP contribution is 2.20. The number of furan rings is 1. The molecule has 1 unspecified atom stereocenters. The first kappa shape index (κ1) is 16.3. The van der Waals surface area contributed by atoms with Crippen molar-refractivity contribution in [3.8, 4) is 0 Å². The summed E-state index contributed by atoms with van der Waals surface area (Å²) in [5.74, 6) is 1.01. The third kappa shape index (κ3) is 5.30. The molecule has 114 valence electrons. The molecule has 0 aliphatic heterocycles. The van der Waals surface area contributed by atoms with E-state index < -0.39 is 0 Å². The third-order valence-corrected chi connectivity index (χ3v) is 4.06. The van der Waals surface area contributed by atoms with Gasteiger partial charge in [-0.05, 0) is 49.8 Å². The molecule has 2 rings (SSSR count). The van der Waals surface area contributed by atoms with Crippen molar-refractivity contribution < 1.29 is 4.42 Å². The fraction of sp³-hybridized carbons (Fsp3) is 0.412. The molecule has 0 bridgehead atoms. The summed E-state index contributed by atoms with van der Waals surface area (Å²) < 4.78 is 6.52. The number of nitrogens with zero attached hydrogens (tertiary/aromatic N) is 1. The van der Waals surface area contributed by atoms with E-state index in [0.717, 1.165) is 36.3 Å². The minimum atomic E-state index is 0.391. The molecule has 0 saturated heterocycles. The number of hydrogen-bond acceptors (Lipinski definition) is 3. The summed E-state index contributed by atoms with van der Waals surface area (Å²) in [6.45, 7) is 5.00. The Morgan fingerprint density at radius 3 is 2.62 bits per heavy atom. The van der Waals surface area contributed by atoms with Crippen molar-refractivity contribution in [1.29, 1.82) is 0 Å². The van der Waals surface area contributed by atoms with E-state index >= 15 is 0 Å². The zero-order valence-corrected chi connectivity index (χ0v) is 14.3. The van der Waals surface area contributed by atoms with E-state index in [4.69, 9.17) is 4.42 Å². The van der Waals surface area contributed by atoms with Gasteiger partial charge in [-0.15, -0.1) is 0 Å². The molecule has 2 aromatic rings. The molecule has 0 saturated carbocycles. The average Bonchev–Trinajstić information content (AvgIpc) is 2.97. The van der Waals surface area contributed by atoms with Crippen molar-refractivity contribution >= 4 is 15.9 Å². The van der Waals surface area contributed by atoms with Crippen LogP contribution in [0.5, 0.6) is 0 Å². The van der Waals surface area contributed by atoms with Crippen LogP contribution < -0.4 is 5.32 Å². The average molecular weight is 351 g/mol. The second kappa shape index (κ2) is 8.37. The van der Waals surface area contributed by atoms with Crippen LogP contribution in [-0.4, -0.2) is 25.0 Å². The van der Waals surface area contributed by atoms with Crippen molar-refractivity contribution in [2.75, 3.05) is 20.1 Å². The first-order valence-electron chi connectivity index (χ1n) is 7.38. The molecule has 3 nitrogen and oxygen atoms in total. The topological polar surface area (TPSA) is 28.4 Å². The Hall–Kier alpha value is -1.10. The minimum Gasteiger partial charge on any atom is -0.468 e. The summed E-state index contributed by atoms with van der Waals surface area (Å²) in [6, 6.07) is 12.9. The number of rotatable bonds is 8. The summed E-state index contributed by atoms with van der Waals surface area (Å²) in [7, 11) is 2.13. The molecule has 0 spiro atoms.